The third kappa shape index (κ3) is 3.18. The van der Waals surface area contributed by atoms with E-state index in [1.54, 1.807) is 0 Å². The summed E-state index contributed by atoms with van der Waals surface area (Å²) in [5.41, 5.74) is 0.0301. The van der Waals surface area contributed by atoms with Crippen molar-refractivity contribution in [2.45, 2.75) is 24.6 Å². The normalized spacial score (nSPS) is 18.6. The highest BCUT2D eigenvalue weighted by Crippen LogP contribution is 2.35. The summed E-state index contributed by atoms with van der Waals surface area (Å²) >= 11 is 0. The Hall–Kier alpha value is -1.74. The van der Waals surface area contributed by atoms with E-state index in [0.717, 1.165) is 0 Å². The molecule has 0 unspecified atom stereocenters. The second kappa shape index (κ2) is 5.10. The zero-order valence-corrected chi connectivity index (χ0v) is 10.0. The van der Waals surface area contributed by atoms with Gasteiger partial charge in [-0.15, -0.1) is 13.2 Å². The molecule has 1 aromatic rings. The van der Waals surface area contributed by atoms with Gasteiger partial charge in [0.1, 0.15) is 5.75 Å². The lowest BCUT2D eigenvalue weighted by Crippen LogP contribution is -2.32. The number of nitriles is 1. The first-order valence-electron chi connectivity index (χ1n) is 5.80. The first-order valence-corrected chi connectivity index (χ1v) is 5.80. The van der Waals surface area contributed by atoms with Crippen LogP contribution in [0, 0.1) is 11.3 Å². The highest BCUT2D eigenvalue weighted by Gasteiger charge is 2.35. The Morgan fingerprint density at radius 2 is 1.74 bits per heavy atom. The number of alkyl halides is 3. The molecule has 0 saturated carbocycles. The molecule has 3 nitrogen and oxygen atoms in total. The molecule has 0 radical (unpaired) electrons. The number of rotatable bonds is 2. The van der Waals surface area contributed by atoms with Gasteiger partial charge in [0.15, 0.2) is 0 Å². The van der Waals surface area contributed by atoms with Crippen LogP contribution in [0.4, 0.5) is 13.2 Å². The molecule has 1 aliphatic heterocycles. The van der Waals surface area contributed by atoms with E-state index in [9.17, 15) is 18.4 Å². The molecule has 102 valence electrons. The molecule has 0 aliphatic carbocycles. The lowest BCUT2D eigenvalue weighted by molar-refractivity contribution is -0.274. The molecule has 0 aromatic heterocycles. The Morgan fingerprint density at radius 3 is 2.21 bits per heavy atom. The van der Waals surface area contributed by atoms with Gasteiger partial charge in [-0.3, -0.25) is 0 Å². The van der Waals surface area contributed by atoms with Crippen LogP contribution in [-0.2, 0) is 10.2 Å². The fourth-order valence-corrected chi connectivity index (χ4v) is 2.16. The Bertz CT molecular complexity index is 470. The molecule has 6 heteroatoms. The summed E-state index contributed by atoms with van der Waals surface area (Å²) in [6, 6.07) is 7.74. The zero-order valence-electron chi connectivity index (χ0n) is 10.0. The minimum atomic E-state index is -4.70. The number of hydrogen-bond acceptors (Lipinski definition) is 3. The molecule has 0 spiro atoms. The zero-order chi connectivity index (χ0) is 13.9. The molecule has 1 fully saturated rings. The quantitative estimate of drug-likeness (QED) is 0.829. The molecule has 0 amide bonds. The van der Waals surface area contributed by atoms with Gasteiger partial charge in [-0.1, -0.05) is 12.1 Å². The summed E-state index contributed by atoms with van der Waals surface area (Å²) < 4.78 is 45.2. The SMILES string of the molecule is N#CC1(c2ccc(OC(F)(F)F)cc2)CCOCC1. The molecule has 0 N–H and O–H groups in total. The molecule has 19 heavy (non-hydrogen) atoms. The molecule has 1 aliphatic rings. The summed E-state index contributed by atoms with van der Waals surface area (Å²) in [6.45, 7) is 0.961. The van der Waals surface area contributed by atoms with Crippen LogP contribution in [0.5, 0.6) is 5.75 Å². The molecule has 1 aromatic carbocycles. The van der Waals surface area contributed by atoms with Crippen LogP contribution >= 0.6 is 0 Å². The van der Waals surface area contributed by atoms with Crippen molar-refractivity contribution in [3.8, 4) is 11.8 Å². The van der Waals surface area contributed by atoms with Gasteiger partial charge in [0, 0.05) is 13.2 Å². The number of nitrogens with zero attached hydrogens (tertiary/aromatic N) is 1. The van der Waals surface area contributed by atoms with Crippen LogP contribution in [0.3, 0.4) is 0 Å². The highest BCUT2D eigenvalue weighted by atomic mass is 19.4. The van der Waals surface area contributed by atoms with Gasteiger partial charge in [-0.2, -0.15) is 5.26 Å². The van der Waals surface area contributed by atoms with E-state index >= 15 is 0 Å². The van der Waals surface area contributed by atoms with Crippen LogP contribution in [0.1, 0.15) is 18.4 Å². The largest absolute Gasteiger partial charge is 0.573 e. The number of benzene rings is 1. The van der Waals surface area contributed by atoms with Gasteiger partial charge in [0.25, 0.3) is 0 Å². The minimum Gasteiger partial charge on any atom is -0.406 e. The summed E-state index contributed by atoms with van der Waals surface area (Å²) in [5, 5.41) is 9.33. The van der Waals surface area contributed by atoms with Gasteiger partial charge in [-0.05, 0) is 30.5 Å². The predicted molar refractivity (Wildman–Crippen MR) is 60.5 cm³/mol. The maximum atomic E-state index is 12.0. The third-order valence-corrected chi connectivity index (χ3v) is 3.20. The maximum absolute atomic E-state index is 12.0. The van der Waals surface area contributed by atoms with Crippen molar-refractivity contribution in [1.29, 1.82) is 5.26 Å². The molecule has 0 atom stereocenters. The predicted octanol–water partition coefficient (Wildman–Crippen LogP) is 3.16. The summed E-state index contributed by atoms with van der Waals surface area (Å²) in [6.07, 6.45) is -3.61. The van der Waals surface area contributed by atoms with Crippen molar-refractivity contribution >= 4 is 0 Å². The summed E-state index contributed by atoms with van der Waals surface area (Å²) in [4.78, 5) is 0. The lowest BCUT2D eigenvalue weighted by Gasteiger charge is -2.31. The molecular formula is C13H12F3NO2. The third-order valence-electron chi connectivity index (χ3n) is 3.20. The van der Waals surface area contributed by atoms with Gasteiger partial charge < -0.3 is 9.47 Å². The Labute approximate surface area is 108 Å². The van der Waals surface area contributed by atoms with E-state index in [4.69, 9.17) is 4.74 Å². The smallest absolute Gasteiger partial charge is 0.406 e. The van der Waals surface area contributed by atoms with Crippen LogP contribution in [0.2, 0.25) is 0 Å². The first-order chi connectivity index (χ1) is 8.95. The fourth-order valence-electron chi connectivity index (χ4n) is 2.16. The highest BCUT2D eigenvalue weighted by molar-refractivity contribution is 5.37. The summed E-state index contributed by atoms with van der Waals surface area (Å²) in [5.74, 6) is -0.281. The van der Waals surface area contributed by atoms with Crippen LogP contribution in [0.25, 0.3) is 0 Å². The van der Waals surface area contributed by atoms with Crippen LogP contribution in [-0.4, -0.2) is 19.6 Å². The first kappa shape index (κ1) is 13.7. The van der Waals surface area contributed by atoms with E-state index in [2.05, 4.69) is 10.8 Å². The second-order valence-corrected chi connectivity index (χ2v) is 4.38. The molecule has 2 rings (SSSR count). The van der Waals surface area contributed by atoms with Gasteiger partial charge in [0.2, 0.25) is 0 Å². The van der Waals surface area contributed by atoms with Gasteiger partial charge in [-0.25, -0.2) is 0 Å². The molecular weight excluding hydrogens is 259 g/mol. The Morgan fingerprint density at radius 1 is 1.16 bits per heavy atom. The molecule has 1 heterocycles. The van der Waals surface area contributed by atoms with Crippen molar-refractivity contribution in [3.05, 3.63) is 29.8 Å². The van der Waals surface area contributed by atoms with Gasteiger partial charge >= 0.3 is 6.36 Å². The lowest BCUT2D eigenvalue weighted by atomic mass is 9.75. The monoisotopic (exact) mass is 271 g/mol. The van der Waals surface area contributed by atoms with E-state index in [0.29, 0.717) is 31.6 Å². The van der Waals surface area contributed by atoms with E-state index in [1.165, 1.54) is 24.3 Å². The average Bonchev–Trinajstić information content (AvgIpc) is 2.38. The average molecular weight is 271 g/mol. The number of hydrogen-bond donors (Lipinski definition) is 0. The van der Waals surface area contributed by atoms with Crippen molar-refractivity contribution in [2.24, 2.45) is 0 Å². The second-order valence-electron chi connectivity index (χ2n) is 4.38. The number of ether oxygens (including phenoxy) is 2. The van der Waals surface area contributed by atoms with E-state index in [1.807, 2.05) is 0 Å². The van der Waals surface area contributed by atoms with E-state index < -0.39 is 11.8 Å². The summed E-state index contributed by atoms with van der Waals surface area (Å²) in [7, 11) is 0. The van der Waals surface area contributed by atoms with E-state index in [-0.39, 0.29) is 5.75 Å². The fraction of sp³-hybridized carbons (Fsp3) is 0.462. The van der Waals surface area contributed by atoms with Crippen molar-refractivity contribution in [1.82, 2.24) is 0 Å². The Kier molecular flexibility index (Phi) is 3.67. The molecule has 1 saturated heterocycles. The van der Waals surface area contributed by atoms with Crippen molar-refractivity contribution in [3.63, 3.8) is 0 Å². The standard InChI is InChI=1S/C13H12F3NO2/c14-13(15,16)19-11-3-1-10(2-4-11)12(9-17)5-7-18-8-6-12/h1-4H,5-8H2. The number of halogens is 3. The Balaban J connectivity index is 2.20. The van der Waals surface area contributed by atoms with Gasteiger partial charge in [0.05, 0.1) is 11.5 Å². The maximum Gasteiger partial charge on any atom is 0.573 e. The topological polar surface area (TPSA) is 42.2 Å². The van der Waals surface area contributed by atoms with Crippen LogP contribution in [0.15, 0.2) is 24.3 Å². The van der Waals surface area contributed by atoms with Crippen LogP contribution < -0.4 is 4.74 Å². The van der Waals surface area contributed by atoms with Crippen molar-refractivity contribution in [2.75, 3.05) is 13.2 Å². The minimum absolute atomic E-state index is 0.281. The molecule has 0 bridgehead atoms. The van der Waals surface area contributed by atoms with Crippen molar-refractivity contribution < 1.29 is 22.6 Å².